The Morgan fingerprint density at radius 1 is 0.917 bits per heavy atom. The van der Waals surface area contributed by atoms with Gasteiger partial charge >= 0.3 is 0 Å². The maximum absolute atomic E-state index is 12.1. The van der Waals surface area contributed by atoms with Gasteiger partial charge in [0, 0.05) is 18.7 Å². The van der Waals surface area contributed by atoms with E-state index in [0.29, 0.717) is 24.4 Å². The summed E-state index contributed by atoms with van der Waals surface area (Å²) < 4.78 is 5.68. The van der Waals surface area contributed by atoms with Crippen molar-refractivity contribution in [1.82, 2.24) is 10.2 Å². The molecule has 0 aliphatic heterocycles. The number of nitrogens with one attached hydrogen (secondary N) is 1. The molecule has 0 aliphatic carbocycles. The Balaban J connectivity index is 1.90. The number of ether oxygens (including phenoxy) is 1. The van der Waals surface area contributed by atoms with Gasteiger partial charge in [-0.1, -0.05) is 18.2 Å². The smallest absolute Gasteiger partial charge is 0.251 e. The summed E-state index contributed by atoms with van der Waals surface area (Å²) in [4.78, 5) is 25.7. The molecule has 126 valence electrons. The molecule has 0 aliphatic rings. The van der Waals surface area contributed by atoms with Gasteiger partial charge in [0.25, 0.3) is 5.91 Å². The van der Waals surface area contributed by atoms with Crippen molar-refractivity contribution in [2.75, 3.05) is 19.6 Å². The summed E-state index contributed by atoms with van der Waals surface area (Å²) in [6.45, 7) is 5.10. The third kappa shape index (κ3) is 4.84. The molecule has 0 atom stereocenters. The van der Waals surface area contributed by atoms with Crippen LogP contribution in [0.5, 0.6) is 11.5 Å². The van der Waals surface area contributed by atoms with Crippen LogP contribution in [0.1, 0.15) is 24.2 Å². The molecule has 0 fully saturated rings. The molecule has 5 nitrogen and oxygen atoms in total. The predicted octanol–water partition coefficient (Wildman–Crippen LogP) is 3.08. The molecular weight excluding hydrogens is 304 g/mol. The first kappa shape index (κ1) is 17.5. The van der Waals surface area contributed by atoms with Crippen molar-refractivity contribution in [3.63, 3.8) is 0 Å². The molecule has 0 bridgehead atoms. The summed E-state index contributed by atoms with van der Waals surface area (Å²) in [7, 11) is 0. The molecule has 2 amide bonds. The zero-order valence-corrected chi connectivity index (χ0v) is 14.0. The lowest BCUT2D eigenvalue weighted by Gasteiger charge is -2.18. The summed E-state index contributed by atoms with van der Waals surface area (Å²) >= 11 is 0. The van der Waals surface area contributed by atoms with Crippen LogP contribution in [0.3, 0.4) is 0 Å². The number of para-hydroxylation sites is 1. The summed E-state index contributed by atoms with van der Waals surface area (Å²) in [5.74, 6) is 1.02. The first-order chi connectivity index (χ1) is 11.6. The molecule has 2 aromatic carbocycles. The van der Waals surface area contributed by atoms with Gasteiger partial charge in [-0.2, -0.15) is 0 Å². The molecule has 1 N–H and O–H groups in total. The maximum atomic E-state index is 12.1. The van der Waals surface area contributed by atoms with E-state index in [9.17, 15) is 9.59 Å². The number of carbonyl (C=O) groups excluding carboxylic acids is 2. The van der Waals surface area contributed by atoms with Gasteiger partial charge in [0.1, 0.15) is 11.5 Å². The lowest BCUT2D eigenvalue weighted by Crippen LogP contribution is -2.39. The van der Waals surface area contributed by atoms with E-state index in [-0.39, 0.29) is 18.4 Å². The molecule has 0 radical (unpaired) electrons. The van der Waals surface area contributed by atoms with Gasteiger partial charge in [-0.3, -0.25) is 9.59 Å². The highest BCUT2D eigenvalue weighted by Crippen LogP contribution is 2.21. The third-order valence-electron chi connectivity index (χ3n) is 3.61. The zero-order chi connectivity index (χ0) is 17.4. The van der Waals surface area contributed by atoms with Gasteiger partial charge < -0.3 is 15.0 Å². The maximum Gasteiger partial charge on any atom is 0.251 e. The van der Waals surface area contributed by atoms with Gasteiger partial charge in [-0.15, -0.1) is 0 Å². The Bertz CT molecular complexity index is 665. The van der Waals surface area contributed by atoms with Gasteiger partial charge in [-0.05, 0) is 50.2 Å². The van der Waals surface area contributed by atoms with Gasteiger partial charge in [0.05, 0.1) is 6.54 Å². The predicted molar refractivity (Wildman–Crippen MR) is 93.2 cm³/mol. The van der Waals surface area contributed by atoms with E-state index in [0.717, 1.165) is 5.75 Å². The summed E-state index contributed by atoms with van der Waals surface area (Å²) in [6.07, 6.45) is 0. The molecular formula is C19H22N2O3. The fourth-order valence-corrected chi connectivity index (χ4v) is 2.25. The van der Waals surface area contributed by atoms with Crippen LogP contribution in [-0.4, -0.2) is 36.3 Å². The molecule has 0 aromatic heterocycles. The third-order valence-corrected chi connectivity index (χ3v) is 3.61. The van der Waals surface area contributed by atoms with Gasteiger partial charge in [0.2, 0.25) is 5.91 Å². The average Bonchev–Trinajstić information content (AvgIpc) is 2.62. The average molecular weight is 326 g/mol. The normalized spacial score (nSPS) is 10.1. The van der Waals surface area contributed by atoms with Crippen molar-refractivity contribution in [1.29, 1.82) is 0 Å². The van der Waals surface area contributed by atoms with E-state index < -0.39 is 0 Å². The zero-order valence-electron chi connectivity index (χ0n) is 14.0. The lowest BCUT2D eigenvalue weighted by molar-refractivity contribution is -0.129. The number of amides is 2. The van der Waals surface area contributed by atoms with Crippen molar-refractivity contribution in [2.45, 2.75) is 13.8 Å². The van der Waals surface area contributed by atoms with Crippen molar-refractivity contribution in [3.05, 3.63) is 60.2 Å². The molecule has 0 heterocycles. The van der Waals surface area contributed by atoms with E-state index in [2.05, 4.69) is 5.32 Å². The molecule has 5 heteroatoms. The van der Waals surface area contributed by atoms with Crippen molar-refractivity contribution < 1.29 is 14.3 Å². The van der Waals surface area contributed by atoms with Gasteiger partial charge in [-0.25, -0.2) is 0 Å². The fourth-order valence-electron chi connectivity index (χ4n) is 2.25. The highest BCUT2D eigenvalue weighted by molar-refractivity contribution is 5.96. The monoisotopic (exact) mass is 326 g/mol. The Hall–Kier alpha value is -2.82. The van der Waals surface area contributed by atoms with Crippen molar-refractivity contribution >= 4 is 11.8 Å². The Kier molecular flexibility index (Phi) is 6.37. The molecule has 0 spiro atoms. The topological polar surface area (TPSA) is 58.6 Å². The number of hydrogen-bond acceptors (Lipinski definition) is 3. The first-order valence-electron chi connectivity index (χ1n) is 8.03. The SMILES string of the molecule is CCN(CC)C(=O)CNC(=O)c1ccc(Oc2ccccc2)cc1. The summed E-state index contributed by atoms with van der Waals surface area (Å²) in [6, 6.07) is 16.2. The Morgan fingerprint density at radius 2 is 1.50 bits per heavy atom. The van der Waals surface area contributed by atoms with Crippen molar-refractivity contribution in [3.8, 4) is 11.5 Å². The van der Waals surface area contributed by atoms with Gasteiger partial charge in [0.15, 0.2) is 0 Å². The minimum atomic E-state index is -0.276. The number of benzene rings is 2. The first-order valence-corrected chi connectivity index (χ1v) is 8.03. The van der Waals surface area contributed by atoms with Crippen LogP contribution in [0.2, 0.25) is 0 Å². The van der Waals surface area contributed by atoms with E-state index in [4.69, 9.17) is 4.74 Å². The van der Waals surface area contributed by atoms with Crippen LogP contribution in [-0.2, 0) is 4.79 Å². The fraction of sp³-hybridized carbons (Fsp3) is 0.263. The molecule has 0 saturated heterocycles. The number of nitrogens with zero attached hydrogens (tertiary/aromatic N) is 1. The summed E-state index contributed by atoms with van der Waals surface area (Å²) in [5, 5.41) is 2.65. The molecule has 0 saturated carbocycles. The van der Waals surface area contributed by atoms with Crippen LogP contribution in [0.4, 0.5) is 0 Å². The standard InChI is InChI=1S/C19H22N2O3/c1-3-21(4-2)18(22)14-20-19(23)15-10-12-17(13-11-15)24-16-8-6-5-7-9-16/h5-13H,3-4,14H2,1-2H3,(H,20,23). The van der Waals surface area contributed by atoms with Crippen LogP contribution in [0, 0.1) is 0 Å². The largest absolute Gasteiger partial charge is 0.457 e. The number of hydrogen-bond donors (Lipinski definition) is 1. The molecule has 2 rings (SSSR count). The number of likely N-dealkylation sites (N-methyl/N-ethyl adjacent to an activating group) is 1. The summed E-state index contributed by atoms with van der Waals surface area (Å²) in [5.41, 5.74) is 0.489. The van der Waals surface area contributed by atoms with E-state index in [1.54, 1.807) is 29.2 Å². The second-order valence-corrected chi connectivity index (χ2v) is 5.19. The second-order valence-electron chi connectivity index (χ2n) is 5.19. The number of carbonyl (C=O) groups is 2. The van der Waals surface area contributed by atoms with E-state index in [1.807, 2.05) is 44.2 Å². The molecule has 2 aromatic rings. The van der Waals surface area contributed by atoms with E-state index in [1.165, 1.54) is 0 Å². The minimum absolute atomic E-state index is 0.00276. The highest BCUT2D eigenvalue weighted by Gasteiger charge is 2.12. The highest BCUT2D eigenvalue weighted by atomic mass is 16.5. The lowest BCUT2D eigenvalue weighted by atomic mass is 10.2. The van der Waals surface area contributed by atoms with E-state index >= 15 is 0 Å². The van der Waals surface area contributed by atoms with Crippen LogP contribution in [0.15, 0.2) is 54.6 Å². The molecule has 0 unspecified atom stereocenters. The van der Waals surface area contributed by atoms with Crippen molar-refractivity contribution in [2.24, 2.45) is 0 Å². The quantitative estimate of drug-likeness (QED) is 0.850. The Labute approximate surface area is 142 Å². The Morgan fingerprint density at radius 3 is 2.08 bits per heavy atom. The van der Waals surface area contributed by atoms with Crippen LogP contribution >= 0.6 is 0 Å². The molecule has 24 heavy (non-hydrogen) atoms. The van der Waals surface area contributed by atoms with Crippen LogP contribution in [0.25, 0.3) is 0 Å². The van der Waals surface area contributed by atoms with Crippen LogP contribution < -0.4 is 10.1 Å². The second kappa shape index (κ2) is 8.72. The number of rotatable bonds is 7. The minimum Gasteiger partial charge on any atom is -0.457 e.